The summed E-state index contributed by atoms with van der Waals surface area (Å²) >= 11 is 0. The minimum absolute atomic E-state index is 0.244. The standard InChI is InChI=1S/C15H14FNO/c1-18-15-8-7-12(10-14(15)17)6-5-11-3-2-4-13(16)9-11/h2-10H,17H2,1H3/b6-5+. The van der Waals surface area contributed by atoms with Gasteiger partial charge in [0.2, 0.25) is 0 Å². The van der Waals surface area contributed by atoms with Gasteiger partial charge in [-0.2, -0.15) is 0 Å². The van der Waals surface area contributed by atoms with Crippen molar-refractivity contribution in [2.75, 3.05) is 12.8 Å². The first-order chi connectivity index (χ1) is 8.69. The molecule has 2 nitrogen and oxygen atoms in total. The van der Waals surface area contributed by atoms with Gasteiger partial charge in [-0.05, 0) is 35.4 Å². The Hall–Kier alpha value is -2.29. The lowest BCUT2D eigenvalue weighted by molar-refractivity contribution is 0.417. The van der Waals surface area contributed by atoms with Gasteiger partial charge in [0.05, 0.1) is 12.8 Å². The normalized spacial score (nSPS) is 10.8. The molecule has 0 spiro atoms. The summed E-state index contributed by atoms with van der Waals surface area (Å²) < 4.78 is 18.1. The van der Waals surface area contributed by atoms with Gasteiger partial charge in [0.25, 0.3) is 0 Å². The topological polar surface area (TPSA) is 35.2 Å². The summed E-state index contributed by atoms with van der Waals surface area (Å²) in [6.45, 7) is 0. The van der Waals surface area contributed by atoms with Crippen LogP contribution in [-0.4, -0.2) is 7.11 Å². The number of anilines is 1. The average molecular weight is 243 g/mol. The molecule has 0 aliphatic heterocycles. The Labute approximate surface area is 106 Å². The van der Waals surface area contributed by atoms with Crippen molar-refractivity contribution in [1.29, 1.82) is 0 Å². The molecule has 0 radical (unpaired) electrons. The van der Waals surface area contributed by atoms with E-state index in [1.54, 1.807) is 19.2 Å². The lowest BCUT2D eigenvalue weighted by Crippen LogP contribution is -1.92. The van der Waals surface area contributed by atoms with Crippen molar-refractivity contribution < 1.29 is 9.13 Å². The van der Waals surface area contributed by atoms with Crippen LogP contribution in [0.4, 0.5) is 10.1 Å². The molecule has 0 bridgehead atoms. The molecule has 2 N–H and O–H groups in total. The predicted octanol–water partition coefficient (Wildman–Crippen LogP) is 3.59. The van der Waals surface area contributed by atoms with Crippen LogP contribution in [0.2, 0.25) is 0 Å². The minimum atomic E-state index is -0.244. The van der Waals surface area contributed by atoms with Crippen LogP contribution in [0.3, 0.4) is 0 Å². The lowest BCUT2D eigenvalue weighted by atomic mass is 10.1. The number of benzene rings is 2. The van der Waals surface area contributed by atoms with Crippen molar-refractivity contribution in [2.24, 2.45) is 0 Å². The van der Waals surface area contributed by atoms with Gasteiger partial charge in [-0.1, -0.05) is 30.4 Å². The maximum atomic E-state index is 13.0. The molecule has 0 saturated heterocycles. The highest BCUT2D eigenvalue weighted by Crippen LogP contribution is 2.23. The van der Waals surface area contributed by atoms with E-state index in [2.05, 4.69) is 0 Å². The quantitative estimate of drug-likeness (QED) is 0.660. The number of rotatable bonds is 3. The Morgan fingerprint density at radius 1 is 1.06 bits per heavy atom. The zero-order valence-electron chi connectivity index (χ0n) is 10.1. The summed E-state index contributed by atoms with van der Waals surface area (Å²) in [4.78, 5) is 0. The molecule has 3 heteroatoms. The molecule has 0 saturated carbocycles. The molecule has 0 atom stereocenters. The van der Waals surface area contributed by atoms with Crippen LogP contribution in [0.1, 0.15) is 11.1 Å². The zero-order chi connectivity index (χ0) is 13.0. The van der Waals surface area contributed by atoms with Gasteiger partial charge in [0, 0.05) is 0 Å². The summed E-state index contributed by atoms with van der Waals surface area (Å²) in [6.07, 6.45) is 3.72. The van der Waals surface area contributed by atoms with E-state index < -0.39 is 0 Å². The molecule has 0 unspecified atom stereocenters. The van der Waals surface area contributed by atoms with Crippen molar-refractivity contribution in [2.45, 2.75) is 0 Å². The minimum Gasteiger partial charge on any atom is -0.495 e. The lowest BCUT2D eigenvalue weighted by Gasteiger charge is -2.04. The van der Waals surface area contributed by atoms with E-state index in [0.717, 1.165) is 11.1 Å². The third-order valence-corrected chi connectivity index (χ3v) is 2.57. The van der Waals surface area contributed by atoms with Gasteiger partial charge in [0.15, 0.2) is 0 Å². The fourth-order valence-corrected chi connectivity index (χ4v) is 1.66. The molecule has 2 aromatic rings. The van der Waals surface area contributed by atoms with Gasteiger partial charge in [0.1, 0.15) is 11.6 Å². The van der Waals surface area contributed by atoms with Crippen LogP contribution in [0.25, 0.3) is 12.2 Å². The van der Waals surface area contributed by atoms with Gasteiger partial charge in [-0.3, -0.25) is 0 Å². The van der Waals surface area contributed by atoms with Crippen LogP contribution in [0, 0.1) is 5.82 Å². The molecule has 2 aromatic carbocycles. The number of nitrogen functional groups attached to an aromatic ring is 1. The first-order valence-electron chi connectivity index (χ1n) is 5.56. The van der Waals surface area contributed by atoms with Gasteiger partial charge in [-0.15, -0.1) is 0 Å². The Bertz CT molecular complexity index is 578. The smallest absolute Gasteiger partial charge is 0.141 e. The second-order valence-electron chi connectivity index (χ2n) is 3.89. The second kappa shape index (κ2) is 5.36. The molecule has 0 aliphatic rings. The number of hydrogen-bond acceptors (Lipinski definition) is 2. The van der Waals surface area contributed by atoms with Crippen molar-refractivity contribution in [3.8, 4) is 5.75 Å². The van der Waals surface area contributed by atoms with Crippen LogP contribution < -0.4 is 10.5 Å². The Kier molecular flexibility index (Phi) is 3.63. The molecule has 18 heavy (non-hydrogen) atoms. The Morgan fingerprint density at radius 3 is 2.39 bits per heavy atom. The van der Waals surface area contributed by atoms with Gasteiger partial charge >= 0.3 is 0 Å². The highest BCUT2D eigenvalue weighted by atomic mass is 19.1. The third-order valence-electron chi connectivity index (χ3n) is 2.57. The summed E-state index contributed by atoms with van der Waals surface area (Å²) in [7, 11) is 1.58. The number of methoxy groups -OCH3 is 1. The number of halogens is 1. The molecule has 0 fully saturated rings. The molecule has 0 amide bonds. The summed E-state index contributed by atoms with van der Waals surface area (Å²) in [5.41, 5.74) is 8.14. The molecule has 0 aromatic heterocycles. The van der Waals surface area contributed by atoms with Gasteiger partial charge in [-0.25, -0.2) is 4.39 Å². The van der Waals surface area contributed by atoms with Crippen molar-refractivity contribution in [3.05, 3.63) is 59.4 Å². The van der Waals surface area contributed by atoms with Crippen LogP contribution in [0.5, 0.6) is 5.75 Å². The van der Waals surface area contributed by atoms with Crippen molar-refractivity contribution in [1.82, 2.24) is 0 Å². The summed E-state index contributed by atoms with van der Waals surface area (Å²) in [6, 6.07) is 11.9. The van der Waals surface area contributed by atoms with Crippen LogP contribution >= 0.6 is 0 Å². The zero-order valence-corrected chi connectivity index (χ0v) is 10.1. The highest BCUT2D eigenvalue weighted by molar-refractivity contribution is 5.72. The average Bonchev–Trinajstić information content (AvgIpc) is 2.37. The van der Waals surface area contributed by atoms with Crippen molar-refractivity contribution >= 4 is 17.8 Å². The SMILES string of the molecule is COc1ccc(/C=C/c2cccc(F)c2)cc1N. The van der Waals surface area contributed by atoms with Crippen LogP contribution in [-0.2, 0) is 0 Å². The monoisotopic (exact) mass is 243 g/mol. The van der Waals surface area contributed by atoms with E-state index in [9.17, 15) is 4.39 Å². The number of hydrogen-bond donors (Lipinski definition) is 1. The molecule has 0 heterocycles. The Morgan fingerprint density at radius 2 is 1.78 bits per heavy atom. The van der Waals surface area contributed by atoms with E-state index in [0.29, 0.717) is 11.4 Å². The van der Waals surface area contributed by atoms with E-state index in [-0.39, 0.29) is 5.82 Å². The number of ether oxygens (including phenoxy) is 1. The van der Waals surface area contributed by atoms with Crippen molar-refractivity contribution in [3.63, 3.8) is 0 Å². The Balaban J connectivity index is 2.21. The van der Waals surface area contributed by atoms with E-state index in [1.165, 1.54) is 12.1 Å². The molecule has 0 aliphatic carbocycles. The van der Waals surface area contributed by atoms with E-state index in [1.807, 2.05) is 30.4 Å². The van der Waals surface area contributed by atoms with Gasteiger partial charge < -0.3 is 10.5 Å². The molecule has 92 valence electrons. The third kappa shape index (κ3) is 2.88. The first kappa shape index (κ1) is 12.2. The first-order valence-corrected chi connectivity index (χ1v) is 5.56. The summed E-state index contributed by atoms with van der Waals surface area (Å²) in [5, 5.41) is 0. The maximum absolute atomic E-state index is 13.0. The second-order valence-corrected chi connectivity index (χ2v) is 3.89. The molecular weight excluding hydrogens is 229 g/mol. The molecular formula is C15H14FNO. The molecule has 2 rings (SSSR count). The van der Waals surface area contributed by atoms with E-state index >= 15 is 0 Å². The number of nitrogens with two attached hydrogens (primary N) is 1. The largest absolute Gasteiger partial charge is 0.495 e. The van der Waals surface area contributed by atoms with E-state index in [4.69, 9.17) is 10.5 Å². The fraction of sp³-hybridized carbons (Fsp3) is 0.0667. The fourth-order valence-electron chi connectivity index (χ4n) is 1.66. The summed E-state index contributed by atoms with van der Waals surface area (Å²) in [5.74, 6) is 0.407. The predicted molar refractivity (Wildman–Crippen MR) is 72.7 cm³/mol. The van der Waals surface area contributed by atoms with Crippen LogP contribution in [0.15, 0.2) is 42.5 Å². The highest BCUT2D eigenvalue weighted by Gasteiger charge is 1.98. The maximum Gasteiger partial charge on any atom is 0.141 e.